The van der Waals surface area contributed by atoms with E-state index in [1.54, 1.807) is 0 Å². The van der Waals surface area contributed by atoms with E-state index in [1.165, 1.54) is 12.8 Å². The summed E-state index contributed by atoms with van der Waals surface area (Å²) in [7, 11) is 0. The molecule has 6 nitrogen and oxygen atoms in total. The van der Waals surface area contributed by atoms with Crippen molar-refractivity contribution in [1.82, 2.24) is 19.9 Å². The van der Waals surface area contributed by atoms with Gasteiger partial charge in [0.05, 0.1) is 0 Å². The van der Waals surface area contributed by atoms with E-state index in [-0.39, 0.29) is 17.4 Å². The van der Waals surface area contributed by atoms with Gasteiger partial charge >= 0.3 is 0 Å². The molecular formula is C23H34N4O2. The molecule has 1 saturated heterocycles. The molecule has 0 bridgehead atoms. The van der Waals surface area contributed by atoms with E-state index in [9.17, 15) is 4.79 Å². The van der Waals surface area contributed by atoms with E-state index in [0.717, 1.165) is 68.9 Å². The third-order valence-electron chi connectivity index (χ3n) is 6.45. The molecule has 3 heterocycles. The zero-order chi connectivity index (χ0) is 20.3. The summed E-state index contributed by atoms with van der Waals surface area (Å²) in [5.74, 6) is 1.81. The molecule has 0 aromatic carbocycles. The van der Waals surface area contributed by atoms with E-state index in [2.05, 4.69) is 28.7 Å². The molecule has 1 aliphatic carbocycles. The highest BCUT2D eigenvalue weighted by atomic mass is 16.5. The number of amides is 1. The predicted octanol–water partition coefficient (Wildman–Crippen LogP) is 3.88. The molecule has 0 unspecified atom stereocenters. The summed E-state index contributed by atoms with van der Waals surface area (Å²) >= 11 is 0. The van der Waals surface area contributed by atoms with Crippen LogP contribution in [0.25, 0.3) is 11.2 Å². The van der Waals surface area contributed by atoms with Crippen molar-refractivity contribution in [2.45, 2.75) is 77.8 Å². The van der Waals surface area contributed by atoms with Crippen LogP contribution in [-0.2, 0) is 22.5 Å². The third kappa shape index (κ3) is 4.80. The van der Waals surface area contributed by atoms with E-state index >= 15 is 0 Å². The minimum absolute atomic E-state index is 0.0192. The fourth-order valence-electron chi connectivity index (χ4n) is 5.03. The number of pyridine rings is 1. The standard InChI is InChI=1S/C23H34N4O2/c1-17(2)16-27-20(26-19-6-5-11-24-22(19)27)14-23(9-3-4-10-23)15-21(28)25-18-7-12-29-13-8-18/h5-6,11,17-18H,3-4,7-10,12-16H2,1-2H3,(H,25,28). The van der Waals surface area contributed by atoms with Crippen LogP contribution in [0.5, 0.6) is 0 Å². The molecule has 0 atom stereocenters. The summed E-state index contributed by atoms with van der Waals surface area (Å²) in [6.45, 7) is 6.87. The van der Waals surface area contributed by atoms with Gasteiger partial charge in [0.1, 0.15) is 11.3 Å². The predicted molar refractivity (Wildman–Crippen MR) is 114 cm³/mol. The first-order valence-corrected chi connectivity index (χ1v) is 11.2. The van der Waals surface area contributed by atoms with Gasteiger partial charge < -0.3 is 14.6 Å². The van der Waals surface area contributed by atoms with E-state index in [0.29, 0.717) is 12.3 Å². The number of nitrogens with one attached hydrogen (secondary N) is 1. The Morgan fingerprint density at radius 3 is 2.79 bits per heavy atom. The maximum Gasteiger partial charge on any atom is 0.220 e. The normalized spacial score (nSPS) is 19.8. The Morgan fingerprint density at radius 1 is 1.31 bits per heavy atom. The van der Waals surface area contributed by atoms with Gasteiger partial charge in [0.15, 0.2) is 5.65 Å². The molecule has 29 heavy (non-hydrogen) atoms. The number of carbonyl (C=O) groups is 1. The molecule has 1 amide bonds. The molecule has 6 heteroatoms. The Morgan fingerprint density at radius 2 is 2.07 bits per heavy atom. The summed E-state index contributed by atoms with van der Waals surface area (Å²) in [6.07, 6.45) is 9.76. The van der Waals surface area contributed by atoms with Crippen LogP contribution in [0.15, 0.2) is 18.3 Å². The van der Waals surface area contributed by atoms with Crippen LogP contribution < -0.4 is 5.32 Å². The van der Waals surface area contributed by atoms with Gasteiger partial charge in [0.2, 0.25) is 5.91 Å². The monoisotopic (exact) mass is 398 g/mol. The lowest BCUT2D eigenvalue weighted by atomic mass is 9.78. The van der Waals surface area contributed by atoms with Gasteiger partial charge in [-0.3, -0.25) is 4.79 Å². The highest BCUT2D eigenvalue weighted by Gasteiger charge is 2.38. The van der Waals surface area contributed by atoms with Crippen molar-refractivity contribution in [3.8, 4) is 0 Å². The molecule has 1 aliphatic heterocycles. The third-order valence-corrected chi connectivity index (χ3v) is 6.45. The lowest BCUT2D eigenvalue weighted by Gasteiger charge is -2.30. The van der Waals surface area contributed by atoms with Crippen molar-refractivity contribution in [3.05, 3.63) is 24.2 Å². The smallest absolute Gasteiger partial charge is 0.220 e. The summed E-state index contributed by atoms with van der Waals surface area (Å²) < 4.78 is 7.71. The van der Waals surface area contributed by atoms with Gasteiger partial charge in [-0.05, 0) is 49.1 Å². The van der Waals surface area contributed by atoms with E-state index in [4.69, 9.17) is 9.72 Å². The Hall–Kier alpha value is -1.95. The fourth-order valence-corrected chi connectivity index (χ4v) is 5.03. The number of hydrogen-bond donors (Lipinski definition) is 1. The highest BCUT2D eigenvalue weighted by molar-refractivity contribution is 5.77. The van der Waals surface area contributed by atoms with Crippen molar-refractivity contribution in [1.29, 1.82) is 0 Å². The number of rotatable bonds is 7. The zero-order valence-electron chi connectivity index (χ0n) is 17.8. The number of ether oxygens (including phenoxy) is 1. The summed E-state index contributed by atoms with van der Waals surface area (Å²) in [5, 5.41) is 3.27. The fraction of sp³-hybridized carbons (Fsp3) is 0.696. The van der Waals surface area contributed by atoms with Crippen molar-refractivity contribution in [2.75, 3.05) is 13.2 Å². The van der Waals surface area contributed by atoms with Crippen LogP contribution in [-0.4, -0.2) is 39.7 Å². The van der Waals surface area contributed by atoms with Crippen molar-refractivity contribution in [3.63, 3.8) is 0 Å². The van der Waals surface area contributed by atoms with E-state index < -0.39 is 0 Å². The molecular weight excluding hydrogens is 364 g/mol. The van der Waals surface area contributed by atoms with Crippen LogP contribution >= 0.6 is 0 Å². The van der Waals surface area contributed by atoms with Gasteiger partial charge in [-0.1, -0.05) is 26.7 Å². The molecule has 2 aliphatic rings. The molecule has 1 saturated carbocycles. The Labute approximate surface area is 173 Å². The number of nitrogens with zero attached hydrogens (tertiary/aromatic N) is 3. The van der Waals surface area contributed by atoms with Crippen LogP contribution in [0.1, 0.15) is 64.6 Å². The van der Waals surface area contributed by atoms with Crippen LogP contribution in [0.3, 0.4) is 0 Å². The van der Waals surface area contributed by atoms with Crippen LogP contribution in [0, 0.1) is 11.3 Å². The van der Waals surface area contributed by atoms with Gasteiger partial charge in [-0.15, -0.1) is 0 Å². The molecule has 0 spiro atoms. The maximum absolute atomic E-state index is 12.9. The number of carbonyl (C=O) groups excluding carboxylic acids is 1. The molecule has 1 N–H and O–H groups in total. The van der Waals surface area contributed by atoms with Crippen molar-refractivity contribution in [2.24, 2.45) is 11.3 Å². The molecule has 158 valence electrons. The second kappa shape index (κ2) is 8.82. The maximum atomic E-state index is 12.9. The Kier molecular flexibility index (Phi) is 6.18. The highest BCUT2D eigenvalue weighted by Crippen LogP contribution is 2.44. The van der Waals surface area contributed by atoms with E-state index in [1.807, 2.05) is 18.3 Å². The van der Waals surface area contributed by atoms with Gasteiger partial charge in [-0.2, -0.15) is 0 Å². The minimum Gasteiger partial charge on any atom is -0.381 e. The second-order valence-corrected chi connectivity index (χ2v) is 9.39. The summed E-state index contributed by atoms with van der Waals surface area (Å²) in [5.41, 5.74) is 1.95. The molecule has 0 radical (unpaired) electrons. The van der Waals surface area contributed by atoms with Crippen molar-refractivity contribution < 1.29 is 9.53 Å². The number of aromatic nitrogens is 3. The summed E-state index contributed by atoms with van der Waals surface area (Å²) in [6, 6.07) is 4.26. The Balaban J connectivity index is 1.54. The Bertz CT molecular complexity index is 833. The van der Waals surface area contributed by atoms with Crippen molar-refractivity contribution >= 4 is 17.1 Å². The SMILES string of the molecule is CC(C)Cn1c(CC2(CC(=O)NC3CCOCC3)CCCC2)nc2cccnc21. The summed E-state index contributed by atoms with van der Waals surface area (Å²) in [4.78, 5) is 22.5. The molecule has 2 fully saturated rings. The van der Waals surface area contributed by atoms with Gasteiger partial charge in [0.25, 0.3) is 0 Å². The van der Waals surface area contributed by atoms with Crippen LogP contribution in [0.4, 0.5) is 0 Å². The van der Waals surface area contributed by atoms with Gasteiger partial charge in [0, 0.05) is 44.8 Å². The average Bonchev–Trinajstić information content (AvgIpc) is 3.27. The quantitative estimate of drug-likeness (QED) is 0.769. The first-order valence-electron chi connectivity index (χ1n) is 11.2. The first kappa shape index (κ1) is 20.3. The minimum atomic E-state index is 0.0192. The number of imidazole rings is 1. The lowest BCUT2D eigenvalue weighted by Crippen LogP contribution is -2.41. The second-order valence-electron chi connectivity index (χ2n) is 9.39. The van der Waals surface area contributed by atoms with Crippen LogP contribution in [0.2, 0.25) is 0 Å². The largest absolute Gasteiger partial charge is 0.381 e. The molecule has 2 aromatic rings. The number of fused-ring (bicyclic) bond motifs is 1. The number of hydrogen-bond acceptors (Lipinski definition) is 4. The topological polar surface area (TPSA) is 69.0 Å². The molecule has 4 rings (SSSR count). The lowest BCUT2D eigenvalue weighted by molar-refractivity contribution is -0.124. The molecule has 2 aromatic heterocycles. The van der Waals surface area contributed by atoms with Gasteiger partial charge in [-0.25, -0.2) is 9.97 Å². The zero-order valence-corrected chi connectivity index (χ0v) is 17.8. The average molecular weight is 399 g/mol. The first-order chi connectivity index (χ1) is 14.0.